The van der Waals surface area contributed by atoms with E-state index in [1.165, 1.54) is 5.56 Å². The molecule has 4 rings (SSSR count). The van der Waals surface area contributed by atoms with E-state index in [9.17, 15) is 19.5 Å². The van der Waals surface area contributed by atoms with E-state index in [1.807, 2.05) is 60.7 Å². The number of amides is 2. The average Bonchev–Trinajstić information content (AvgIpc) is 3.60. The highest BCUT2D eigenvalue weighted by atomic mass is 16.4. The van der Waals surface area contributed by atoms with Crippen molar-refractivity contribution in [3.63, 3.8) is 0 Å². The molecule has 1 aliphatic carbocycles. The standard InChI is InChI=1S/C26H24N2O4/c1-2-17-3-5-20(6-4-17)23(29)27-22-13-11-19(12-14-22)18-7-9-21(10-8-18)24(30)28-26(15-16-26)25(31)32/h3-14H,2,15-16H2,1H3,(H,27,29)(H,28,30)(H,31,32). The first-order valence-electron chi connectivity index (χ1n) is 10.6. The monoisotopic (exact) mass is 428 g/mol. The largest absolute Gasteiger partial charge is 0.480 e. The van der Waals surface area contributed by atoms with Gasteiger partial charge in [0.25, 0.3) is 11.8 Å². The lowest BCUT2D eigenvalue weighted by molar-refractivity contribution is -0.140. The number of aliphatic carboxylic acids is 1. The fraction of sp³-hybridized carbons (Fsp3) is 0.192. The van der Waals surface area contributed by atoms with E-state index in [0.29, 0.717) is 29.7 Å². The summed E-state index contributed by atoms with van der Waals surface area (Å²) in [4.78, 5) is 36.0. The number of nitrogens with one attached hydrogen (secondary N) is 2. The predicted octanol–water partition coefficient (Wildman–Crippen LogP) is 4.52. The third kappa shape index (κ3) is 4.54. The van der Waals surface area contributed by atoms with E-state index >= 15 is 0 Å². The summed E-state index contributed by atoms with van der Waals surface area (Å²) in [6, 6.07) is 22.0. The maximum Gasteiger partial charge on any atom is 0.329 e. The zero-order valence-corrected chi connectivity index (χ0v) is 17.7. The minimum Gasteiger partial charge on any atom is -0.480 e. The Balaban J connectivity index is 1.39. The van der Waals surface area contributed by atoms with Crippen molar-refractivity contribution in [2.45, 2.75) is 31.7 Å². The molecule has 1 saturated carbocycles. The molecule has 32 heavy (non-hydrogen) atoms. The molecule has 0 saturated heterocycles. The van der Waals surface area contributed by atoms with Crippen LogP contribution in [0.5, 0.6) is 0 Å². The Hall–Kier alpha value is -3.93. The first-order valence-corrected chi connectivity index (χ1v) is 10.6. The van der Waals surface area contributed by atoms with Gasteiger partial charge < -0.3 is 15.7 Å². The van der Waals surface area contributed by atoms with Gasteiger partial charge in [0, 0.05) is 16.8 Å². The minimum atomic E-state index is -1.10. The van der Waals surface area contributed by atoms with E-state index in [4.69, 9.17) is 0 Å². The van der Waals surface area contributed by atoms with Crippen molar-refractivity contribution in [3.05, 3.63) is 89.5 Å². The molecule has 0 unspecified atom stereocenters. The zero-order chi connectivity index (χ0) is 22.7. The van der Waals surface area contributed by atoms with Gasteiger partial charge in [-0.25, -0.2) is 4.79 Å². The molecule has 162 valence electrons. The van der Waals surface area contributed by atoms with Gasteiger partial charge in [-0.2, -0.15) is 0 Å². The highest BCUT2D eigenvalue weighted by Gasteiger charge is 2.51. The number of anilines is 1. The van der Waals surface area contributed by atoms with Crippen LogP contribution in [-0.4, -0.2) is 28.4 Å². The minimum absolute atomic E-state index is 0.162. The number of benzene rings is 3. The lowest BCUT2D eigenvalue weighted by Gasteiger charge is -2.12. The molecule has 0 spiro atoms. The van der Waals surface area contributed by atoms with E-state index in [2.05, 4.69) is 17.6 Å². The molecule has 0 aliphatic heterocycles. The molecule has 6 heteroatoms. The van der Waals surface area contributed by atoms with Crippen molar-refractivity contribution in [2.24, 2.45) is 0 Å². The van der Waals surface area contributed by atoms with Crippen LogP contribution in [-0.2, 0) is 11.2 Å². The van der Waals surface area contributed by atoms with Crippen LogP contribution in [0.2, 0.25) is 0 Å². The van der Waals surface area contributed by atoms with Gasteiger partial charge in [0.05, 0.1) is 0 Å². The number of aryl methyl sites for hydroxylation is 1. The summed E-state index contributed by atoms with van der Waals surface area (Å²) >= 11 is 0. The van der Waals surface area contributed by atoms with E-state index < -0.39 is 11.5 Å². The van der Waals surface area contributed by atoms with Crippen molar-refractivity contribution in [1.29, 1.82) is 0 Å². The Kier molecular flexibility index (Phi) is 5.77. The number of hydrogen-bond acceptors (Lipinski definition) is 3. The SMILES string of the molecule is CCc1ccc(C(=O)Nc2ccc(-c3ccc(C(=O)NC4(C(=O)O)CC4)cc3)cc2)cc1. The molecule has 3 aromatic carbocycles. The predicted molar refractivity (Wildman–Crippen MR) is 123 cm³/mol. The number of carboxylic acids is 1. The summed E-state index contributed by atoms with van der Waals surface area (Å²) in [6.07, 6.45) is 1.84. The van der Waals surface area contributed by atoms with Crippen molar-refractivity contribution in [1.82, 2.24) is 5.32 Å². The number of carbonyl (C=O) groups is 3. The molecule has 6 nitrogen and oxygen atoms in total. The lowest BCUT2D eigenvalue weighted by atomic mass is 10.0. The third-order valence-corrected chi connectivity index (χ3v) is 5.76. The molecular formula is C26H24N2O4. The van der Waals surface area contributed by atoms with Crippen molar-refractivity contribution < 1.29 is 19.5 Å². The highest BCUT2D eigenvalue weighted by Crippen LogP contribution is 2.35. The van der Waals surface area contributed by atoms with Crippen LogP contribution in [0.4, 0.5) is 5.69 Å². The molecule has 0 heterocycles. The van der Waals surface area contributed by atoms with Crippen molar-refractivity contribution in [3.8, 4) is 11.1 Å². The van der Waals surface area contributed by atoms with Crippen LogP contribution in [0.25, 0.3) is 11.1 Å². The first kappa shape index (κ1) is 21.3. The smallest absolute Gasteiger partial charge is 0.329 e. The Bertz CT molecular complexity index is 1150. The Morgan fingerprint density at radius 3 is 1.78 bits per heavy atom. The summed E-state index contributed by atoms with van der Waals surface area (Å²) < 4.78 is 0. The van der Waals surface area contributed by atoms with E-state index in [-0.39, 0.29) is 11.8 Å². The van der Waals surface area contributed by atoms with Crippen LogP contribution in [0.3, 0.4) is 0 Å². The number of rotatable bonds is 7. The molecule has 1 fully saturated rings. The fourth-order valence-electron chi connectivity index (χ4n) is 3.46. The van der Waals surface area contributed by atoms with Crippen LogP contribution in [0, 0.1) is 0 Å². The summed E-state index contributed by atoms with van der Waals surface area (Å²) in [6.45, 7) is 2.07. The average molecular weight is 428 g/mol. The quantitative estimate of drug-likeness (QED) is 0.516. The van der Waals surface area contributed by atoms with Crippen LogP contribution in [0.15, 0.2) is 72.8 Å². The fourth-order valence-corrected chi connectivity index (χ4v) is 3.46. The molecule has 2 amide bonds. The molecule has 0 atom stereocenters. The van der Waals surface area contributed by atoms with Gasteiger partial charge in [-0.05, 0) is 72.4 Å². The van der Waals surface area contributed by atoms with Crippen molar-refractivity contribution in [2.75, 3.05) is 5.32 Å². The maximum atomic E-state index is 12.4. The molecular weight excluding hydrogens is 404 g/mol. The second-order valence-electron chi connectivity index (χ2n) is 8.00. The van der Waals surface area contributed by atoms with Gasteiger partial charge in [-0.15, -0.1) is 0 Å². The van der Waals surface area contributed by atoms with Gasteiger partial charge in [0.1, 0.15) is 5.54 Å². The second kappa shape index (κ2) is 8.67. The van der Waals surface area contributed by atoms with Gasteiger partial charge in [-0.1, -0.05) is 43.3 Å². The van der Waals surface area contributed by atoms with Gasteiger partial charge in [0.15, 0.2) is 0 Å². The summed E-state index contributed by atoms with van der Waals surface area (Å²) in [5.41, 5.74) is 3.64. The summed E-state index contributed by atoms with van der Waals surface area (Å²) in [5, 5.41) is 14.7. The zero-order valence-electron chi connectivity index (χ0n) is 17.7. The first-order chi connectivity index (χ1) is 15.4. The highest BCUT2D eigenvalue weighted by molar-refractivity contribution is 6.04. The number of carbonyl (C=O) groups excluding carboxylic acids is 2. The third-order valence-electron chi connectivity index (χ3n) is 5.76. The Morgan fingerprint density at radius 1 is 0.781 bits per heavy atom. The van der Waals surface area contributed by atoms with Gasteiger partial charge >= 0.3 is 5.97 Å². The Morgan fingerprint density at radius 2 is 1.28 bits per heavy atom. The van der Waals surface area contributed by atoms with Crippen LogP contribution in [0.1, 0.15) is 46.0 Å². The summed E-state index contributed by atoms with van der Waals surface area (Å²) in [7, 11) is 0. The van der Waals surface area contributed by atoms with E-state index in [0.717, 1.165) is 17.5 Å². The number of carboxylic acid groups (broad SMARTS) is 1. The topological polar surface area (TPSA) is 95.5 Å². The molecule has 3 aromatic rings. The summed E-state index contributed by atoms with van der Waals surface area (Å²) in [5.74, 6) is -1.54. The number of hydrogen-bond donors (Lipinski definition) is 3. The van der Waals surface area contributed by atoms with Crippen LogP contribution < -0.4 is 10.6 Å². The maximum absolute atomic E-state index is 12.4. The lowest BCUT2D eigenvalue weighted by Crippen LogP contribution is -2.43. The Labute approximate surface area is 186 Å². The second-order valence-corrected chi connectivity index (χ2v) is 8.00. The molecule has 3 N–H and O–H groups in total. The normalized spacial score (nSPS) is 13.8. The van der Waals surface area contributed by atoms with Crippen LogP contribution >= 0.6 is 0 Å². The molecule has 0 aromatic heterocycles. The van der Waals surface area contributed by atoms with Crippen molar-refractivity contribution >= 4 is 23.5 Å². The van der Waals surface area contributed by atoms with Gasteiger partial charge in [-0.3, -0.25) is 9.59 Å². The molecule has 0 radical (unpaired) electrons. The molecule has 0 bridgehead atoms. The molecule has 1 aliphatic rings. The van der Waals surface area contributed by atoms with Gasteiger partial charge in [0.2, 0.25) is 0 Å². The van der Waals surface area contributed by atoms with E-state index in [1.54, 1.807) is 12.1 Å².